The molecule has 19 heavy (non-hydrogen) atoms. The molecule has 0 saturated carbocycles. The molecule has 1 aromatic heterocycles. The predicted molar refractivity (Wildman–Crippen MR) is 78.9 cm³/mol. The highest BCUT2D eigenvalue weighted by Gasteiger charge is 2.22. The molecule has 1 aromatic carbocycles. The number of fused-ring (bicyclic) bond motifs is 1. The molecule has 0 atom stereocenters. The van der Waals surface area contributed by atoms with E-state index >= 15 is 0 Å². The number of carbonyl (C=O) groups excluding carboxylic acids is 1. The van der Waals surface area contributed by atoms with Gasteiger partial charge in [0.2, 0.25) is 5.78 Å². The fraction of sp³-hybridized carbons (Fsp3) is 0.214. The van der Waals surface area contributed by atoms with E-state index in [2.05, 4.69) is 15.9 Å². The van der Waals surface area contributed by atoms with Crippen LogP contribution >= 0.6 is 38.9 Å². The standard InChI is InChI=1S/C14H9BrClFOS/c15-9-6-11(17)8(5-10(9)16)14(18)13-4-7-2-1-3-12(7)19-13/h4-6H,1-3H2. The third-order valence-corrected chi connectivity index (χ3v) is 5.66. The van der Waals surface area contributed by atoms with Crippen LogP contribution in [0.5, 0.6) is 0 Å². The van der Waals surface area contributed by atoms with E-state index < -0.39 is 5.82 Å². The lowest BCUT2D eigenvalue weighted by Crippen LogP contribution is -2.02. The van der Waals surface area contributed by atoms with Gasteiger partial charge in [-0.05, 0) is 59.0 Å². The van der Waals surface area contributed by atoms with Gasteiger partial charge in [0.15, 0.2) is 0 Å². The molecule has 98 valence electrons. The van der Waals surface area contributed by atoms with Crippen molar-refractivity contribution >= 4 is 44.7 Å². The van der Waals surface area contributed by atoms with E-state index in [0.717, 1.165) is 19.3 Å². The zero-order valence-corrected chi connectivity index (χ0v) is 13.0. The van der Waals surface area contributed by atoms with Crippen LogP contribution in [0.3, 0.4) is 0 Å². The van der Waals surface area contributed by atoms with Crippen LogP contribution < -0.4 is 0 Å². The zero-order valence-electron chi connectivity index (χ0n) is 9.80. The Morgan fingerprint density at radius 2 is 2.11 bits per heavy atom. The number of halogens is 3. The number of carbonyl (C=O) groups is 1. The number of hydrogen-bond donors (Lipinski definition) is 0. The zero-order chi connectivity index (χ0) is 13.6. The summed E-state index contributed by atoms with van der Waals surface area (Å²) >= 11 is 10.5. The lowest BCUT2D eigenvalue weighted by atomic mass is 10.1. The minimum Gasteiger partial charge on any atom is -0.288 e. The number of thiophene rings is 1. The van der Waals surface area contributed by atoms with Crippen LogP contribution in [0.25, 0.3) is 0 Å². The third-order valence-electron chi connectivity index (χ3n) is 3.22. The third kappa shape index (κ3) is 2.37. The topological polar surface area (TPSA) is 17.1 Å². The fourth-order valence-electron chi connectivity index (χ4n) is 2.27. The molecule has 5 heteroatoms. The van der Waals surface area contributed by atoms with Crippen molar-refractivity contribution < 1.29 is 9.18 Å². The number of hydrogen-bond acceptors (Lipinski definition) is 2. The van der Waals surface area contributed by atoms with Gasteiger partial charge >= 0.3 is 0 Å². The summed E-state index contributed by atoms with van der Waals surface area (Å²) < 4.78 is 14.3. The summed E-state index contributed by atoms with van der Waals surface area (Å²) in [6.07, 6.45) is 3.19. The molecule has 0 fully saturated rings. The highest BCUT2D eigenvalue weighted by Crippen LogP contribution is 2.33. The van der Waals surface area contributed by atoms with Gasteiger partial charge in [-0.15, -0.1) is 11.3 Å². The summed E-state index contributed by atoms with van der Waals surface area (Å²) in [5.74, 6) is -0.832. The minimum absolute atomic E-state index is 0.0353. The molecule has 3 rings (SSSR count). The smallest absolute Gasteiger partial charge is 0.205 e. The van der Waals surface area contributed by atoms with Gasteiger partial charge in [-0.25, -0.2) is 4.39 Å². The molecular weight excluding hydrogens is 351 g/mol. The van der Waals surface area contributed by atoms with Crippen LogP contribution in [-0.4, -0.2) is 5.78 Å². The first-order valence-electron chi connectivity index (χ1n) is 5.87. The SMILES string of the molecule is O=C(c1cc2c(s1)CCC2)c1cc(Cl)c(Br)cc1F. The van der Waals surface area contributed by atoms with Crippen LogP contribution in [-0.2, 0) is 12.8 Å². The van der Waals surface area contributed by atoms with Crippen molar-refractivity contribution in [2.24, 2.45) is 0 Å². The summed E-state index contributed by atoms with van der Waals surface area (Å²) in [5.41, 5.74) is 1.27. The van der Waals surface area contributed by atoms with Gasteiger partial charge in [0.25, 0.3) is 0 Å². The van der Waals surface area contributed by atoms with Crippen LogP contribution in [0.2, 0.25) is 5.02 Å². The van der Waals surface area contributed by atoms with Crippen molar-refractivity contribution in [2.45, 2.75) is 19.3 Å². The van der Waals surface area contributed by atoms with E-state index in [1.54, 1.807) is 0 Å². The first-order chi connectivity index (χ1) is 9.06. The number of rotatable bonds is 2. The summed E-state index contributed by atoms with van der Waals surface area (Å²) in [4.78, 5) is 14.2. The van der Waals surface area contributed by atoms with E-state index in [-0.39, 0.29) is 11.3 Å². The monoisotopic (exact) mass is 358 g/mol. The predicted octanol–water partition coefficient (Wildman–Crippen LogP) is 5.02. The van der Waals surface area contributed by atoms with E-state index in [1.165, 1.54) is 33.9 Å². The molecule has 0 saturated heterocycles. The molecule has 1 aliphatic rings. The Kier molecular flexibility index (Phi) is 3.50. The van der Waals surface area contributed by atoms with Gasteiger partial charge in [-0.2, -0.15) is 0 Å². The Labute approximate surface area is 127 Å². The lowest BCUT2D eigenvalue weighted by molar-refractivity contribution is 0.103. The van der Waals surface area contributed by atoms with Gasteiger partial charge in [-0.3, -0.25) is 4.79 Å². The van der Waals surface area contributed by atoms with Crippen molar-refractivity contribution in [3.05, 3.63) is 54.4 Å². The summed E-state index contributed by atoms with van der Waals surface area (Å²) in [6.45, 7) is 0. The minimum atomic E-state index is -0.546. The summed E-state index contributed by atoms with van der Waals surface area (Å²) in [5, 5.41) is 0.342. The molecule has 0 aliphatic heterocycles. The van der Waals surface area contributed by atoms with Gasteiger partial charge in [0.1, 0.15) is 5.82 Å². The first-order valence-corrected chi connectivity index (χ1v) is 7.86. The Balaban J connectivity index is 2.01. The molecule has 0 spiro atoms. The van der Waals surface area contributed by atoms with E-state index in [9.17, 15) is 9.18 Å². The van der Waals surface area contributed by atoms with Gasteiger partial charge in [0, 0.05) is 9.35 Å². The Hall–Kier alpha value is -0.710. The molecule has 1 heterocycles. The first kappa shape index (κ1) is 13.3. The number of ketones is 1. The molecule has 1 aliphatic carbocycles. The second-order valence-electron chi connectivity index (χ2n) is 4.49. The summed E-state index contributed by atoms with van der Waals surface area (Å²) in [6, 6.07) is 4.51. The largest absolute Gasteiger partial charge is 0.288 e. The van der Waals surface area contributed by atoms with E-state index in [4.69, 9.17) is 11.6 Å². The van der Waals surface area contributed by atoms with Crippen molar-refractivity contribution in [3.8, 4) is 0 Å². The normalized spacial score (nSPS) is 13.6. The van der Waals surface area contributed by atoms with Gasteiger partial charge in [-0.1, -0.05) is 11.6 Å². The molecule has 0 amide bonds. The van der Waals surface area contributed by atoms with E-state index in [1.807, 2.05) is 6.07 Å². The Morgan fingerprint density at radius 3 is 2.84 bits per heavy atom. The molecular formula is C14H9BrClFOS. The van der Waals surface area contributed by atoms with Gasteiger partial charge < -0.3 is 0 Å². The van der Waals surface area contributed by atoms with Gasteiger partial charge in [0.05, 0.1) is 15.5 Å². The molecule has 2 aromatic rings. The second-order valence-corrected chi connectivity index (χ2v) is 6.89. The highest BCUT2D eigenvalue weighted by molar-refractivity contribution is 9.10. The number of aryl methyl sites for hydroxylation is 2. The Bertz CT molecular complexity index is 659. The maximum Gasteiger partial charge on any atom is 0.205 e. The summed E-state index contributed by atoms with van der Waals surface area (Å²) in [7, 11) is 0. The fourth-order valence-corrected chi connectivity index (χ4v) is 3.96. The van der Waals surface area contributed by atoms with Crippen molar-refractivity contribution in [3.63, 3.8) is 0 Å². The van der Waals surface area contributed by atoms with Crippen LogP contribution in [0.15, 0.2) is 22.7 Å². The van der Waals surface area contributed by atoms with Crippen molar-refractivity contribution in [1.29, 1.82) is 0 Å². The Morgan fingerprint density at radius 1 is 1.32 bits per heavy atom. The van der Waals surface area contributed by atoms with Crippen molar-refractivity contribution in [2.75, 3.05) is 0 Å². The molecule has 0 N–H and O–H groups in total. The average Bonchev–Trinajstić information content (AvgIpc) is 2.93. The van der Waals surface area contributed by atoms with Crippen molar-refractivity contribution in [1.82, 2.24) is 0 Å². The second kappa shape index (κ2) is 5.00. The quantitative estimate of drug-likeness (QED) is 0.543. The highest BCUT2D eigenvalue weighted by atomic mass is 79.9. The van der Waals surface area contributed by atoms with Crippen LogP contribution in [0, 0.1) is 5.82 Å². The van der Waals surface area contributed by atoms with E-state index in [0.29, 0.717) is 14.4 Å². The number of benzene rings is 1. The van der Waals surface area contributed by atoms with Crippen LogP contribution in [0.4, 0.5) is 4.39 Å². The maximum atomic E-state index is 13.9. The molecule has 0 radical (unpaired) electrons. The lowest BCUT2D eigenvalue weighted by Gasteiger charge is -2.03. The average molecular weight is 360 g/mol. The molecule has 0 unspecified atom stereocenters. The molecule has 0 bridgehead atoms. The van der Waals surface area contributed by atoms with Crippen LogP contribution in [0.1, 0.15) is 32.1 Å². The maximum absolute atomic E-state index is 13.9. The molecule has 1 nitrogen and oxygen atoms in total.